The zero-order valence-corrected chi connectivity index (χ0v) is 14.6. The van der Waals surface area contributed by atoms with Crippen LogP contribution in [0.1, 0.15) is 12.6 Å². The van der Waals surface area contributed by atoms with Crippen LogP contribution in [0.3, 0.4) is 0 Å². The van der Waals surface area contributed by atoms with Gasteiger partial charge in [-0.3, -0.25) is 9.48 Å². The maximum Gasteiger partial charge on any atom is 0.387 e. The second-order valence-electron chi connectivity index (χ2n) is 4.76. The number of amides is 1. The first-order valence-corrected chi connectivity index (χ1v) is 7.89. The van der Waals surface area contributed by atoms with Crippen LogP contribution >= 0.6 is 15.9 Å². The molecule has 9 heteroatoms. The summed E-state index contributed by atoms with van der Waals surface area (Å²) in [6, 6.07) is 4.22. The molecule has 1 amide bonds. The van der Waals surface area contributed by atoms with E-state index in [0.29, 0.717) is 5.69 Å². The molecule has 1 aromatic heterocycles. The van der Waals surface area contributed by atoms with Gasteiger partial charge >= 0.3 is 6.61 Å². The number of anilines is 1. The molecule has 0 atom stereocenters. The van der Waals surface area contributed by atoms with E-state index in [2.05, 4.69) is 31.1 Å². The van der Waals surface area contributed by atoms with Crippen molar-refractivity contribution in [2.45, 2.75) is 27.0 Å². The number of hydrogen-bond acceptors (Lipinski definition) is 4. The third-order valence-electron chi connectivity index (χ3n) is 3.08. The fourth-order valence-electron chi connectivity index (χ4n) is 1.97. The predicted octanol–water partition coefficient (Wildman–Crippen LogP) is 3.59. The Kier molecular flexibility index (Phi) is 6.13. The van der Waals surface area contributed by atoms with Gasteiger partial charge in [0.15, 0.2) is 11.5 Å². The molecule has 0 fully saturated rings. The number of nitrogens with one attached hydrogen (secondary N) is 1. The van der Waals surface area contributed by atoms with Gasteiger partial charge in [0.1, 0.15) is 6.54 Å². The fraction of sp³-hybridized carbons (Fsp3) is 0.333. The molecule has 0 bridgehead atoms. The van der Waals surface area contributed by atoms with Crippen molar-refractivity contribution in [3.63, 3.8) is 0 Å². The summed E-state index contributed by atoms with van der Waals surface area (Å²) in [7, 11) is 0. The normalized spacial score (nSPS) is 10.8. The van der Waals surface area contributed by atoms with Crippen LogP contribution in [0.2, 0.25) is 0 Å². The number of carbonyl (C=O) groups is 1. The Hall–Kier alpha value is -2.16. The van der Waals surface area contributed by atoms with Gasteiger partial charge in [-0.1, -0.05) is 0 Å². The smallest absolute Gasteiger partial charge is 0.387 e. The van der Waals surface area contributed by atoms with E-state index in [1.807, 2.05) is 6.92 Å². The van der Waals surface area contributed by atoms with E-state index in [-0.39, 0.29) is 30.6 Å². The minimum atomic E-state index is -2.95. The van der Waals surface area contributed by atoms with E-state index in [0.717, 1.165) is 10.2 Å². The van der Waals surface area contributed by atoms with Crippen molar-refractivity contribution >= 4 is 27.5 Å². The van der Waals surface area contributed by atoms with Gasteiger partial charge in [-0.05, 0) is 41.9 Å². The van der Waals surface area contributed by atoms with Crippen LogP contribution in [0.4, 0.5) is 14.5 Å². The second-order valence-corrected chi connectivity index (χ2v) is 5.61. The largest absolute Gasteiger partial charge is 0.490 e. The monoisotopic (exact) mass is 403 g/mol. The second kappa shape index (κ2) is 8.09. The summed E-state index contributed by atoms with van der Waals surface area (Å²) in [6.07, 6.45) is 1.60. The number of benzene rings is 1. The Morgan fingerprint density at radius 1 is 1.42 bits per heavy atom. The molecule has 1 heterocycles. The lowest BCUT2D eigenvalue weighted by Gasteiger charge is -2.13. The first kappa shape index (κ1) is 18.2. The highest BCUT2D eigenvalue weighted by molar-refractivity contribution is 9.10. The molecule has 130 valence electrons. The van der Waals surface area contributed by atoms with Gasteiger partial charge in [0.2, 0.25) is 5.91 Å². The zero-order valence-electron chi connectivity index (χ0n) is 13.1. The molecule has 0 aliphatic carbocycles. The summed E-state index contributed by atoms with van der Waals surface area (Å²) in [5.74, 6) is -0.260. The molecule has 0 aliphatic rings. The molecule has 24 heavy (non-hydrogen) atoms. The zero-order chi connectivity index (χ0) is 17.7. The van der Waals surface area contributed by atoms with Gasteiger partial charge < -0.3 is 14.8 Å². The molecule has 1 N–H and O–H groups in total. The van der Waals surface area contributed by atoms with Crippen LogP contribution in [-0.4, -0.2) is 28.9 Å². The van der Waals surface area contributed by atoms with E-state index in [1.54, 1.807) is 13.1 Å². The standard InChI is InChI=1S/C15H16BrF2N3O3/c1-3-23-13-6-10(4-5-12(13)24-15(17)18)20-14(22)8-21-9(2)11(16)7-19-21/h4-7,15H,3,8H2,1-2H3,(H,20,22). The summed E-state index contributed by atoms with van der Waals surface area (Å²) in [4.78, 5) is 12.1. The maximum absolute atomic E-state index is 12.4. The summed E-state index contributed by atoms with van der Waals surface area (Å²) in [5.41, 5.74) is 1.23. The number of aromatic nitrogens is 2. The Balaban J connectivity index is 2.09. The van der Waals surface area contributed by atoms with Crippen molar-refractivity contribution in [1.29, 1.82) is 0 Å². The van der Waals surface area contributed by atoms with Crippen LogP contribution < -0.4 is 14.8 Å². The first-order valence-electron chi connectivity index (χ1n) is 7.10. The van der Waals surface area contributed by atoms with E-state index in [9.17, 15) is 13.6 Å². The van der Waals surface area contributed by atoms with Crippen molar-refractivity contribution < 1.29 is 23.0 Å². The maximum atomic E-state index is 12.4. The topological polar surface area (TPSA) is 65.4 Å². The Morgan fingerprint density at radius 2 is 2.17 bits per heavy atom. The van der Waals surface area contributed by atoms with Gasteiger partial charge in [0, 0.05) is 11.8 Å². The lowest BCUT2D eigenvalue weighted by Crippen LogP contribution is -2.20. The van der Waals surface area contributed by atoms with Crippen molar-refractivity contribution in [2.24, 2.45) is 0 Å². The molecule has 0 saturated heterocycles. The number of halogens is 3. The average Bonchev–Trinajstić information content (AvgIpc) is 2.82. The SMILES string of the molecule is CCOc1cc(NC(=O)Cn2ncc(Br)c2C)ccc1OC(F)F. The highest BCUT2D eigenvalue weighted by Crippen LogP contribution is 2.31. The minimum Gasteiger partial charge on any atom is -0.490 e. The van der Waals surface area contributed by atoms with E-state index in [1.165, 1.54) is 22.9 Å². The number of carbonyl (C=O) groups excluding carboxylic acids is 1. The van der Waals surface area contributed by atoms with Crippen LogP contribution in [0.15, 0.2) is 28.9 Å². The molecular weight excluding hydrogens is 388 g/mol. The lowest BCUT2D eigenvalue weighted by atomic mass is 10.2. The predicted molar refractivity (Wildman–Crippen MR) is 87.5 cm³/mol. The third kappa shape index (κ3) is 4.67. The van der Waals surface area contributed by atoms with Crippen molar-refractivity contribution in [3.8, 4) is 11.5 Å². The molecule has 0 saturated carbocycles. The molecule has 6 nitrogen and oxygen atoms in total. The molecule has 0 unspecified atom stereocenters. The highest BCUT2D eigenvalue weighted by Gasteiger charge is 2.13. The van der Waals surface area contributed by atoms with Crippen LogP contribution in [-0.2, 0) is 11.3 Å². The third-order valence-corrected chi connectivity index (χ3v) is 3.86. The van der Waals surface area contributed by atoms with Crippen LogP contribution in [0.5, 0.6) is 11.5 Å². The van der Waals surface area contributed by atoms with Gasteiger partial charge in [0.05, 0.1) is 23.0 Å². The summed E-state index contributed by atoms with van der Waals surface area (Å²) < 4.78 is 36.7. The number of rotatable bonds is 7. The Morgan fingerprint density at radius 3 is 2.75 bits per heavy atom. The molecule has 2 aromatic rings. The summed E-state index contributed by atoms with van der Waals surface area (Å²) in [5, 5.41) is 6.74. The van der Waals surface area contributed by atoms with Gasteiger partial charge in [-0.2, -0.15) is 13.9 Å². The minimum absolute atomic E-state index is 0.0245. The van der Waals surface area contributed by atoms with Gasteiger partial charge in [-0.25, -0.2) is 0 Å². The highest BCUT2D eigenvalue weighted by atomic mass is 79.9. The van der Waals surface area contributed by atoms with E-state index < -0.39 is 6.61 Å². The Labute approximate surface area is 145 Å². The van der Waals surface area contributed by atoms with Crippen molar-refractivity contribution in [3.05, 3.63) is 34.6 Å². The van der Waals surface area contributed by atoms with Crippen molar-refractivity contribution in [2.75, 3.05) is 11.9 Å². The van der Waals surface area contributed by atoms with Gasteiger partial charge in [-0.15, -0.1) is 0 Å². The van der Waals surface area contributed by atoms with Crippen molar-refractivity contribution in [1.82, 2.24) is 9.78 Å². The quantitative estimate of drug-likeness (QED) is 0.766. The molecule has 1 aromatic carbocycles. The van der Waals surface area contributed by atoms with E-state index in [4.69, 9.17) is 4.74 Å². The van der Waals surface area contributed by atoms with E-state index >= 15 is 0 Å². The average molecular weight is 404 g/mol. The molecule has 0 radical (unpaired) electrons. The molecule has 2 rings (SSSR count). The summed E-state index contributed by atoms with van der Waals surface area (Å²) >= 11 is 3.32. The van der Waals surface area contributed by atoms with Crippen LogP contribution in [0, 0.1) is 6.92 Å². The number of hydrogen-bond donors (Lipinski definition) is 1. The molecule has 0 spiro atoms. The fourth-order valence-corrected chi connectivity index (χ4v) is 2.26. The van der Waals surface area contributed by atoms with Gasteiger partial charge in [0.25, 0.3) is 0 Å². The molecule has 0 aliphatic heterocycles. The lowest BCUT2D eigenvalue weighted by molar-refractivity contribution is -0.116. The number of nitrogens with zero attached hydrogens (tertiary/aromatic N) is 2. The number of ether oxygens (including phenoxy) is 2. The number of alkyl halides is 2. The summed E-state index contributed by atoms with van der Waals surface area (Å²) in [6.45, 7) is 0.892. The Bertz CT molecular complexity index is 722. The van der Waals surface area contributed by atoms with Crippen LogP contribution in [0.25, 0.3) is 0 Å². The first-order chi connectivity index (χ1) is 11.4. The molecular formula is C15H16BrF2N3O3.